The normalized spacial score (nSPS) is 10.7. The van der Waals surface area contributed by atoms with E-state index in [1.165, 1.54) is 5.56 Å². The lowest BCUT2D eigenvalue weighted by Gasteiger charge is -2.19. The quantitative estimate of drug-likeness (QED) is 0.505. The van der Waals surface area contributed by atoms with Crippen molar-refractivity contribution in [1.82, 2.24) is 4.90 Å². The van der Waals surface area contributed by atoms with Crippen molar-refractivity contribution in [1.29, 1.82) is 0 Å². The molecule has 0 aliphatic carbocycles. The monoisotopic (exact) mass is 417 g/mol. The van der Waals surface area contributed by atoms with Crippen molar-refractivity contribution in [3.8, 4) is 16.9 Å². The van der Waals surface area contributed by atoms with Crippen LogP contribution in [0.25, 0.3) is 11.1 Å². The number of aryl methyl sites for hydroxylation is 2. The van der Waals surface area contributed by atoms with E-state index in [0.29, 0.717) is 18.7 Å². The molecule has 0 unspecified atom stereocenters. The van der Waals surface area contributed by atoms with E-state index in [9.17, 15) is 9.90 Å². The van der Waals surface area contributed by atoms with Gasteiger partial charge in [0.15, 0.2) is 0 Å². The van der Waals surface area contributed by atoms with Crippen molar-refractivity contribution >= 4 is 5.91 Å². The summed E-state index contributed by atoms with van der Waals surface area (Å²) in [7, 11) is 1.72. The molecule has 0 aromatic heterocycles. The van der Waals surface area contributed by atoms with Gasteiger partial charge in [-0.2, -0.15) is 0 Å². The van der Waals surface area contributed by atoms with E-state index < -0.39 is 0 Å². The number of hydrogen-bond acceptors (Lipinski definition) is 3. The molecule has 0 aliphatic heterocycles. The van der Waals surface area contributed by atoms with Crippen LogP contribution >= 0.6 is 0 Å². The molecule has 0 heterocycles. The van der Waals surface area contributed by atoms with E-state index in [-0.39, 0.29) is 12.5 Å². The molecule has 0 aliphatic rings. The molecule has 4 nitrogen and oxygen atoms in total. The van der Waals surface area contributed by atoms with E-state index in [0.717, 1.165) is 41.7 Å². The lowest BCUT2D eigenvalue weighted by molar-refractivity contribution is 0.0766. The fourth-order valence-electron chi connectivity index (χ4n) is 3.60. The second-order valence-corrected chi connectivity index (χ2v) is 7.65. The Morgan fingerprint density at radius 3 is 2.45 bits per heavy atom. The number of rotatable bonds is 10. The molecule has 1 N–H and O–H groups in total. The molecule has 3 aromatic carbocycles. The third kappa shape index (κ3) is 5.96. The van der Waals surface area contributed by atoms with Crippen LogP contribution in [0.4, 0.5) is 0 Å². The Morgan fingerprint density at radius 2 is 1.71 bits per heavy atom. The summed E-state index contributed by atoms with van der Waals surface area (Å²) in [6, 6.07) is 24.3. The third-order valence-electron chi connectivity index (χ3n) is 5.30. The molecule has 0 spiro atoms. The van der Waals surface area contributed by atoms with Gasteiger partial charge in [-0.05, 0) is 48.1 Å². The van der Waals surface area contributed by atoms with E-state index in [1.807, 2.05) is 48.5 Å². The first-order chi connectivity index (χ1) is 15.1. The highest BCUT2D eigenvalue weighted by Crippen LogP contribution is 2.32. The Hall–Kier alpha value is -3.11. The zero-order valence-electron chi connectivity index (χ0n) is 18.4. The summed E-state index contributed by atoms with van der Waals surface area (Å²) in [5.41, 5.74) is 4.99. The van der Waals surface area contributed by atoms with Crippen molar-refractivity contribution in [2.24, 2.45) is 0 Å². The summed E-state index contributed by atoms with van der Waals surface area (Å²) >= 11 is 0. The van der Waals surface area contributed by atoms with Crippen LogP contribution in [0.2, 0.25) is 0 Å². The van der Waals surface area contributed by atoms with Crippen molar-refractivity contribution in [3.05, 3.63) is 89.5 Å². The highest BCUT2D eigenvalue weighted by atomic mass is 16.5. The van der Waals surface area contributed by atoms with Crippen LogP contribution in [0.1, 0.15) is 34.8 Å². The summed E-state index contributed by atoms with van der Waals surface area (Å²) in [5, 5.41) is 9.24. The summed E-state index contributed by atoms with van der Waals surface area (Å²) in [5.74, 6) is 0.786. The van der Waals surface area contributed by atoms with Crippen molar-refractivity contribution in [2.45, 2.75) is 26.2 Å². The number of likely N-dealkylation sites (N-methyl/N-ethyl adjacent to an activating group) is 1. The van der Waals surface area contributed by atoms with Crippen LogP contribution in [0.5, 0.6) is 5.75 Å². The van der Waals surface area contributed by atoms with Crippen LogP contribution in [0, 0.1) is 0 Å². The molecule has 0 radical (unpaired) electrons. The van der Waals surface area contributed by atoms with Gasteiger partial charge in [-0.3, -0.25) is 4.79 Å². The predicted molar refractivity (Wildman–Crippen MR) is 126 cm³/mol. The van der Waals surface area contributed by atoms with Crippen LogP contribution in [0.3, 0.4) is 0 Å². The van der Waals surface area contributed by atoms with Gasteiger partial charge in [0, 0.05) is 24.7 Å². The average Bonchev–Trinajstić information content (AvgIpc) is 2.82. The van der Waals surface area contributed by atoms with Crippen molar-refractivity contribution in [3.63, 3.8) is 0 Å². The van der Waals surface area contributed by atoms with E-state index >= 15 is 0 Å². The smallest absolute Gasteiger partial charge is 0.253 e. The number of para-hydroxylation sites is 1. The molecule has 31 heavy (non-hydrogen) atoms. The number of amides is 1. The zero-order chi connectivity index (χ0) is 22.1. The number of ether oxygens (including phenoxy) is 1. The van der Waals surface area contributed by atoms with Crippen molar-refractivity contribution < 1.29 is 14.6 Å². The minimum atomic E-state index is -0.0702. The Balaban J connectivity index is 1.97. The first-order valence-corrected chi connectivity index (χ1v) is 10.9. The largest absolute Gasteiger partial charge is 0.493 e. The maximum absolute atomic E-state index is 13.0. The van der Waals surface area contributed by atoms with Crippen molar-refractivity contribution in [2.75, 3.05) is 26.8 Å². The van der Waals surface area contributed by atoms with Crippen LogP contribution < -0.4 is 4.74 Å². The maximum atomic E-state index is 13.0. The Bertz CT molecular complexity index is 985. The van der Waals surface area contributed by atoms with Crippen LogP contribution in [-0.2, 0) is 12.8 Å². The standard InChI is InChI=1S/C27H31NO3/c1-3-19-31-26-12-8-7-11-24(26)22-15-16-25(27(30)28(2)17-18-29)23(20-22)14-13-21-9-5-4-6-10-21/h4-12,15-16,20,29H,3,13-14,17-19H2,1-2H3. The first kappa shape index (κ1) is 22.6. The molecule has 0 saturated carbocycles. The van der Waals surface area contributed by atoms with Gasteiger partial charge in [-0.25, -0.2) is 0 Å². The zero-order valence-corrected chi connectivity index (χ0v) is 18.4. The molecule has 1 amide bonds. The van der Waals surface area contributed by atoms with Gasteiger partial charge in [-0.15, -0.1) is 0 Å². The minimum Gasteiger partial charge on any atom is -0.493 e. The highest BCUT2D eigenvalue weighted by Gasteiger charge is 2.17. The Morgan fingerprint density at radius 1 is 0.968 bits per heavy atom. The number of carbonyl (C=O) groups is 1. The second-order valence-electron chi connectivity index (χ2n) is 7.65. The number of aliphatic hydroxyl groups excluding tert-OH is 1. The van der Waals surface area contributed by atoms with Gasteiger partial charge < -0.3 is 14.7 Å². The predicted octanol–water partition coefficient (Wildman–Crippen LogP) is 4.99. The molecular formula is C27H31NO3. The highest BCUT2D eigenvalue weighted by molar-refractivity contribution is 5.96. The van der Waals surface area contributed by atoms with Crippen LogP contribution in [-0.4, -0.2) is 42.7 Å². The summed E-state index contributed by atoms with van der Waals surface area (Å²) in [4.78, 5) is 14.6. The maximum Gasteiger partial charge on any atom is 0.253 e. The number of nitrogens with zero attached hydrogens (tertiary/aromatic N) is 1. The van der Waals surface area contributed by atoms with Crippen LogP contribution in [0.15, 0.2) is 72.8 Å². The molecule has 3 rings (SSSR count). The Kier molecular flexibility index (Phi) is 8.25. The fraction of sp³-hybridized carbons (Fsp3) is 0.296. The number of aliphatic hydroxyl groups is 1. The molecule has 0 bridgehead atoms. The molecular weight excluding hydrogens is 386 g/mol. The van der Waals surface area contributed by atoms with Gasteiger partial charge in [0.1, 0.15) is 5.75 Å². The van der Waals surface area contributed by atoms with Gasteiger partial charge in [-0.1, -0.05) is 67.6 Å². The van der Waals surface area contributed by atoms with Gasteiger partial charge >= 0.3 is 0 Å². The SMILES string of the molecule is CCCOc1ccccc1-c1ccc(C(=O)N(C)CCO)c(CCc2ccccc2)c1. The fourth-order valence-corrected chi connectivity index (χ4v) is 3.60. The third-order valence-corrected chi connectivity index (χ3v) is 5.30. The van der Waals surface area contributed by atoms with Gasteiger partial charge in [0.25, 0.3) is 5.91 Å². The summed E-state index contributed by atoms with van der Waals surface area (Å²) < 4.78 is 5.95. The Labute approximate surface area is 185 Å². The topological polar surface area (TPSA) is 49.8 Å². The molecule has 0 fully saturated rings. The molecule has 0 saturated heterocycles. The van der Waals surface area contributed by atoms with E-state index in [4.69, 9.17) is 4.74 Å². The lowest BCUT2D eigenvalue weighted by atomic mass is 9.94. The summed E-state index contributed by atoms with van der Waals surface area (Å²) in [6.45, 7) is 3.02. The average molecular weight is 418 g/mol. The second kappa shape index (κ2) is 11.3. The number of carbonyl (C=O) groups excluding carboxylic acids is 1. The minimum absolute atomic E-state index is 0.0538. The summed E-state index contributed by atoms with van der Waals surface area (Å²) in [6.07, 6.45) is 2.55. The lowest BCUT2D eigenvalue weighted by Crippen LogP contribution is -2.30. The van der Waals surface area contributed by atoms with E-state index in [2.05, 4.69) is 31.2 Å². The molecule has 3 aromatic rings. The molecule has 0 atom stereocenters. The van der Waals surface area contributed by atoms with Gasteiger partial charge in [0.05, 0.1) is 13.2 Å². The van der Waals surface area contributed by atoms with Gasteiger partial charge in [0.2, 0.25) is 0 Å². The molecule has 4 heteroatoms. The first-order valence-electron chi connectivity index (χ1n) is 10.9. The molecule has 162 valence electrons. The number of benzene rings is 3. The number of hydrogen-bond donors (Lipinski definition) is 1. The van der Waals surface area contributed by atoms with E-state index in [1.54, 1.807) is 11.9 Å².